The van der Waals surface area contributed by atoms with E-state index in [2.05, 4.69) is 5.32 Å². The summed E-state index contributed by atoms with van der Waals surface area (Å²) in [6.07, 6.45) is 1.18. The molecule has 0 aliphatic carbocycles. The van der Waals surface area contributed by atoms with Gasteiger partial charge in [-0.2, -0.15) is 0 Å². The second kappa shape index (κ2) is 7.84. The predicted octanol–water partition coefficient (Wildman–Crippen LogP) is -0.149. The highest BCUT2D eigenvalue weighted by Crippen LogP contribution is 2.18. The number of nitrogens with one attached hydrogen (secondary N) is 1. The Kier molecular flexibility index (Phi) is 6.44. The predicted molar refractivity (Wildman–Crippen MR) is 71.0 cm³/mol. The highest BCUT2D eigenvalue weighted by Gasteiger charge is 2.35. The molecule has 0 bridgehead atoms. The first-order chi connectivity index (χ1) is 9.49. The standard InChI is InChI=1S/C13H22N2O5/c1-3-4-10(13(18)19)14-12(17)9-7-11(16)15(8-9)5-6-20-2/h9-10H,3-8H2,1-2H3,(H,14,17)(H,18,19)/t9?,10-/m1/s1. The third kappa shape index (κ3) is 4.48. The van der Waals surface area contributed by atoms with Gasteiger partial charge in [-0.15, -0.1) is 0 Å². The summed E-state index contributed by atoms with van der Waals surface area (Å²) in [6.45, 7) is 3.06. The molecule has 0 saturated carbocycles. The van der Waals surface area contributed by atoms with Crippen molar-refractivity contribution >= 4 is 17.8 Å². The molecule has 1 saturated heterocycles. The number of aliphatic carboxylic acids is 1. The number of carboxylic acid groups (broad SMARTS) is 1. The summed E-state index contributed by atoms with van der Waals surface area (Å²) < 4.78 is 4.90. The quantitative estimate of drug-likeness (QED) is 0.647. The van der Waals surface area contributed by atoms with Crippen LogP contribution in [0.15, 0.2) is 0 Å². The second-order valence-corrected chi connectivity index (χ2v) is 4.92. The molecule has 0 aromatic carbocycles. The lowest BCUT2D eigenvalue weighted by Crippen LogP contribution is -2.44. The number of hydrogen-bond donors (Lipinski definition) is 2. The Morgan fingerprint density at radius 3 is 2.80 bits per heavy atom. The van der Waals surface area contributed by atoms with E-state index in [0.717, 1.165) is 0 Å². The SMILES string of the molecule is CCC[C@@H](NC(=O)C1CC(=O)N(CCOC)C1)C(=O)O. The molecule has 20 heavy (non-hydrogen) atoms. The largest absolute Gasteiger partial charge is 0.480 e. The first-order valence-corrected chi connectivity index (χ1v) is 6.79. The average Bonchev–Trinajstić information content (AvgIpc) is 2.77. The Labute approximate surface area is 118 Å². The minimum Gasteiger partial charge on any atom is -0.480 e. The summed E-state index contributed by atoms with van der Waals surface area (Å²) in [5, 5.41) is 11.5. The highest BCUT2D eigenvalue weighted by atomic mass is 16.5. The lowest BCUT2D eigenvalue weighted by Gasteiger charge is -2.18. The fraction of sp³-hybridized carbons (Fsp3) is 0.769. The van der Waals surface area contributed by atoms with E-state index >= 15 is 0 Å². The molecule has 1 aliphatic heterocycles. The molecule has 1 unspecified atom stereocenters. The molecule has 0 aromatic rings. The number of carboxylic acids is 1. The monoisotopic (exact) mass is 286 g/mol. The number of carbonyl (C=O) groups excluding carboxylic acids is 2. The lowest BCUT2D eigenvalue weighted by molar-refractivity contribution is -0.142. The normalized spacial score (nSPS) is 20.0. The molecule has 114 valence electrons. The van der Waals surface area contributed by atoms with Crippen LogP contribution in [0.25, 0.3) is 0 Å². The van der Waals surface area contributed by atoms with E-state index in [-0.39, 0.29) is 18.2 Å². The molecule has 2 atom stereocenters. The van der Waals surface area contributed by atoms with Crippen molar-refractivity contribution < 1.29 is 24.2 Å². The van der Waals surface area contributed by atoms with Gasteiger partial charge in [-0.05, 0) is 6.42 Å². The summed E-state index contributed by atoms with van der Waals surface area (Å²) in [5.41, 5.74) is 0. The number of hydrogen-bond acceptors (Lipinski definition) is 4. The van der Waals surface area contributed by atoms with Crippen molar-refractivity contribution in [1.82, 2.24) is 10.2 Å². The third-order valence-electron chi connectivity index (χ3n) is 3.34. The number of carbonyl (C=O) groups is 3. The lowest BCUT2D eigenvalue weighted by atomic mass is 10.1. The number of nitrogens with zero attached hydrogens (tertiary/aromatic N) is 1. The zero-order valence-corrected chi connectivity index (χ0v) is 11.9. The third-order valence-corrected chi connectivity index (χ3v) is 3.34. The van der Waals surface area contributed by atoms with Gasteiger partial charge in [-0.3, -0.25) is 9.59 Å². The summed E-state index contributed by atoms with van der Waals surface area (Å²) in [6, 6.07) is -0.879. The van der Waals surface area contributed by atoms with Crippen molar-refractivity contribution in [2.45, 2.75) is 32.2 Å². The highest BCUT2D eigenvalue weighted by molar-refractivity contribution is 5.91. The molecule has 2 N–H and O–H groups in total. The minimum absolute atomic E-state index is 0.0930. The molecule has 1 rings (SSSR count). The van der Waals surface area contributed by atoms with E-state index in [9.17, 15) is 14.4 Å². The second-order valence-electron chi connectivity index (χ2n) is 4.92. The summed E-state index contributed by atoms with van der Waals surface area (Å²) in [7, 11) is 1.55. The number of likely N-dealkylation sites (tertiary alicyclic amines) is 1. The smallest absolute Gasteiger partial charge is 0.326 e. The van der Waals surface area contributed by atoms with Gasteiger partial charge >= 0.3 is 5.97 Å². The first kappa shape index (κ1) is 16.4. The van der Waals surface area contributed by atoms with Crippen LogP contribution in [0.5, 0.6) is 0 Å². The molecule has 0 radical (unpaired) electrons. The minimum atomic E-state index is -1.04. The van der Waals surface area contributed by atoms with Crippen LogP contribution in [0.4, 0.5) is 0 Å². The molecule has 1 fully saturated rings. The molecule has 2 amide bonds. The Hall–Kier alpha value is -1.63. The van der Waals surface area contributed by atoms with Crippen LogP contribution in [0, 0.1) is 5.92 Å². The van der Waals surface area contributed by atoms with Crippen LogP contribution in [0.3, 0.4) is 0 Å². The van der Waals surface area contributed by atoms with Crippen molar-refractivity contribution in [3.05, 3.63) is 0 Å². The molecular weight excluding hydrogens is 264 g/mol. The number of ether oxygens (including phenoxy) is 1. The summed E-state index contributed by atoms with van der Waals surface area (Å²) in [4.78, 5) is 36.3. The van der Waals surface area contributed by atoms with Crippen LogP contribution in [-0.4, -0.2) is 60.6 Å². The van der Waals surface area contributed by atoms with Crippen molar-refractivity contribution in [3.63, 3.8) is 0 Å². The van der Waals surface area contributed by atoms with Gasteiger partial charge in [0.2, 0.25) is 11.8 Å². The average molecular weight is 286 g/mol. The van der Waals surface area contributed by atoms with Crippen LogP contribution in [-0.2, 0) is 19.1 Å². The summed E-state index contributed by atoms with van der Waals surface area (Å²) in [5.74, 6) is -1.97. The van der Waals surface area contributed by atoms with Crippen LogP contribution >= 0.6 is 0 Å². The first-order valence-electron chi connectivity index (χ1n) is 6.79. The van der Waals surface area contributed by atoms with E-state index in [1.54, 1.807) is 12.0 Å². The molecule has 1 aliphatic rings. The zero-order valence-electron chi connectivity index (χ0n) is 11.9. The van der Waals surface area contributed by atoms with Crippen molar-refractivity contribution in [2.24, 2.45) is 5.92 Å². The van der Waals surface area contributed by atoms with Crippen LogP contribution in [0.2, 0.25) is 0 Å². The van der Waals surface area contributed by atoms with Crippen molar-refractivity contribution in [3.8, 4) is 0 Å². The van der Waals surface area contributed by atoms with E-state index in [4.69, 9.17) is 9.84 Å². The molecule has 7 heteroatoms. The fourth-order valence-electron chi connectivity index (χ4n) is 2.20. The Morgan fingerprint density at radius 2 is 2.25 bits per heavy atom. The maximum absolute atomic E-state index is 12.0. The maximum Gasteiger partial charge on any atom is 0.326 e. The zero-order chi connectivity index (χ0) is 15.1. The summed E-state index contributed by atoms with van der Waals surface area (Å²) >= 11 is 0. The Morgan fingerprint density at radius 1 is 1.55 bits per heavy atom. The van der Waals surface area contributed by atoms with Gasteiger partial charge in [-0.25, -0.2) is 4.79 Å². The van der Waals surface area contributed by atoms with E-state index < -0.39 is 17.9 Å². The van der Waals surface area contributed by atoms with Gasteiger partial charge < -0.3 is 20.1 Å². The van der Waals surface area contributed by atoms with E-state index in [1.165, 1.54) is 0 Å². The van der Waals surface area contributed by atoms with Crippen LogP contribution in [0.1, 0.15) is 26.2 Å². The van der Waals surface area contributed by atoms with E-state index in [0.29, 0.717) is 32.5 Å². The van der Waals surface area contributed by atoms with Crippen molar-refractivity contribution in [2.75, 3.05) is 26.8 Å². The molecule has 1 heterocycles. The number of rotatable bonds is 8. The molecular formula is C13H22N2O5. The van der Waals surface area contributed by atoms with E-state index in [1.807, 2.05) is 6.92 Å². The number of methoxy groups -OCH3 is 1. The van der Waals surface area contributed by atoms with Gasteiger partial charge in [-0.1, -0.05) is 13.3 Å². The number of amides is 2. The Balaban J connectivity index is 2.52. The topological polar surface area (TPSA) is 95.9 Å². The van der Waals surface area contributed by atoms with Crippen molar-refractivity contribution in [1.29, 1.82) is 0 Å². The van der Waals surface area contributed by atoms with Gasteiger partial charge in [0.25, 0.3) is 0 Å². The van der Waals surface area contributed by atoms with Gasteiger partial charge in [0.1, 0.15) is 6.04 Å². The molecule has 0 spiro atoms. The Bertz CT molecular complexity index is 372. The molecule has 0 aromatic heterocycles. The fourth-order valence-corrected chi connectivity index (χ4v) is 2.20. The maximum atomic E-state index is 12.0. The molecule has 7 nitrogen and oxygen atoms in total. The van der Waals surface area contributed by atoms with Gasteiger partial charge in [0, 0.05) is 26.6 Å². The van der Waals surface area contributed by atoms with Crippen LogP contribution < -0.4 is 5.32 Å². The van der Waals surface area contributed by atoms with Gasteiger partial charge in [0.15, 0.2) is 0 Å². The van der Waals surface area contributed by atoms with Gasteiger partial charge in [0.05, 0.1) is 12.5 Å².